The molecule has 0 aromatic heterocycles. The van der Waals surface area contributed by atoms with Crippen molar-refractivity contribution in [1.82, 2.24) is 5.32 Å². The molecule has 0 aliphatic carbocycles. The topological polar surface area (TPSA) is 29.1 Å². The van der Waals surface area contributed by atoms with E-state index in [0.29, 0.717) is 0 Å². The number of ketones is 1. The molecule has 1 aromatic carbocycles. The Hall–Kier alpha value is -1.15. The Morgan fingerprint density at radius 3 is 2.73 bits per heavy atom. The lowest BCUT2D eigenvalue weighted by Crippen LogP contribution is -2.33. The molecule has 0 amide bonds. The van der Waals surface area contributed by atoms with Gasteiger partial charge in [-0.2, -0.15) is 0 Å². The van der Waals surface area contributed by atoms with Crippen molar-refractivity contribution in [2.24, 2.45) is 0 Å². The van der Waals surface area contributed by atoms with Gasteiger partial charge >= 0.3 is 0 Å². The summed E-state index contributed by atoms with van der Waals surface area (Å²) in [7, 11) is 0. The first-order valence-corrected chi connectivity index (χ1v) is 5.60. The first kappa shape index (κ1) is 11.9. The number of hydrogen-bond donors (Lipinski definition) is 1. The van der Waals surface area contributed by atoms with Crippen molar-refractivity contribution in [2.75, 3.05) is 6.54 Å². The zero-order chi connectivity index (χ0) is 11.3. The number of Topliss-reactive ketones (excluding diaryl/α,β-unsaturated/α-hetero) is 1. The van der Waals surface area contributed by atoms with E-state index >= 15 is 0 Å². The molecule has 0 saturated carbocycles. The quantitative estimate of drug-likeness (QED) is 0.767. The van der Waals surface area contributed by atoms with Crippen LogP contribution in [0.4, 0.5) is 0 Å². The van der Waals surface area contributed by atoms with Crippen molar-refractivity contribution < 1.29 is 6.22 Å². The first-order valence-electron chi connectivity index (χ1n) is 5.60. The molecule has 15 heavy (non-hydrogen) atoms. The predicted molar refractivity (Wildman–Crippen MR) is 65.0 cm³/mol. The van der Waals surface area contributed by atoms with Gasteiger partial charge in [0.2, 0.25) is 0 Å². The van der Waals surface area contributed by atoms with Crippen LogP contribution in [0, 0.1) is 0 Å². The Balaban J connectivity index is 0.000000711. The third-order valence-electron chi connectivity index (χ3n) is 2.52. The summed E-state index contributed by atoms with van der Waals surface area (Å²) in [6.45, 7) is 6.54. The van der Waals surface area contributed by atoms with Gasteiger partial charge in [-0.25, -0.2) is 0 Å². The van der Waals surface area contributed by atoms with Crippen LogP contribution in [0.3, 0.4) is 0 Å². The Kier molecular flexibility index (Phi) is 4.50. The summed E-state index contributed by atoms with van der Waals surface area (Å²) in [6, 6.07) is 8.08. The summed E-state index contributed by atoms with van der Waals surface area (Å²) in [4.78, 5) is 11.3. The Morgan fingerprint density at radius 1 is 1.40 bits per heavy atom. The maximum absolute atomic E-state index is 11.3. The standard InChI is InChI=1S/C11H13NO.C2H6.H2/c1-8(13)11-10-5-3-2-4-9(10)6-7-12-11;1-2;/h2-5,11-12H,6-7H2,1H3;1-2H3;1H. The molecule has 2 heteroatoms. The summed E-state index contributed by atoms with van der Waals surface area (Å²) in [5, 5.41) is 3.23. The van der Waals surface area contributed by atoms with Gasteiger partial charge in [-0.05, 0) is 24.5 Å². The van der Waals surface area contributed by atoms with E-state index in [-0.39, 0.29) is 13.3 Å². The van der Waals surface area contributed by atoms with Gasteiger partial charge < -0.3 is 5.32 Å². The molecule has 1 unspecified atom stereocenters. The predicted octanol–water partition coefficient (Wildman–Crippen LogP) is 2.73. The van der Waals surface area contributed by atoms with Crippen LogP contribution in [0.25, 0.3) is 0 Å². The summed E-state index contributed by atoms with van der Waals surface area (Å²) in [6.07, 6.45) is 1.03. The maximum atomic E-state index is 11.3. The zero-order valence-corrected chi connectivity index (χ0v) is 9.71. The van der Waals surface area contributed by atoms with Gasteiger partial charge in [0.05, 0.1) is 6.04 Å². The minimum Gasteiger partial charge on any atom is -0.303 e. The molecule has 1 aromatic rings. The van der Waals surface area contributed by atoms with Gasteiger partial charge in [0, 0.05) is 7.97 Å². The Morgan fingerprint density at radius 2 is 2.07 bits per heavy atom. The molecule has 0 radical (unpaired) electrons. The van der Waals surface area contributed by atoms with E-state index in [0.717, 1.165) is 18.5 Å². The van der Waals surface area contributed by atoms with Crippen LogP contribution in [0.5, 0.6) is 0 Å². The minimum atomic E-state index is -0.0788. The lowest BCUT2D eigenvalue weighted by Gasteiger charge is -2.24. The molecule has 1 atom stereocenters. The molecule has 0 saturated heterocycles. The van der Waals surface area contributed by atoms with E-state index in [2.05, 4.69) is 11.4 Å². The summed E-state index contributed by atoms with van der Waals surface area (Å²) in [5.74, 6) is 0.201. The van der Waals surface area contributed by atoms with E-state index in [1.54, 1.807) is 6.92 Å². The minimum absolute atomic E-state index is 0. The van der Waals surface area contributed by atoms with Gasteiger partial charge in [-0.3, -0.25) is 4.79 Å². The summed E-state index contributed by atoms with van der Waals surface area (Å²) < 4.78 is 0. The normalized spacial score (nSPS) is 18.5. The van der Waals surface area contributed by atoms with Crippen molar-refractivity contribution in [3.8, 4) is 0 Å². The van der Waals surface area contributed by atoms with E-state index in [1.807, 2.05) is 32.0 Å². The van der Waals surface area contributed by atoms with Gasteiger partial charge in [0.15, 0.2) is 5.78 Å². The number of benzene rings is 1. The third-order valence-corrected chi connectivity index (χ3v) is 2.52. The molecule has 0 spiro atoms. The molecule has 1 aliphatic heterocycles. The highest BCUT2D eigenvalue weighted by Gasteiger charge is 2.21. The average molecular weight is 207 g/mol. The molecule has 2 nitrogen and oxygen atoms in total. The second-order valence-corrected chi connectivity index (χ2v) is 3.45. The average Bonchev–Trinajstić information content (AvgIpc) is 2.31. The fraction of sp³-hybridized carbons (Fsp3) is 0.462. The molecular weight excluding hydrogens is 186 g/mol. The SMILES string of the molecule is CC.CC(=O)C1NCCc2ccccc21.[HH]. The third kappa shape index (κ3) is 2.66. The van der Waals surface area contributed by atoms with Crippen LogP contribution in [-0.2, 0) is 11.2 Å². The van der Waals surface area contributed by atoms with Gasteiger partial charge in [-0.1, -0.05) is 38.1 Å². The Labute approximate surface area is 93.2 Å². The van der Waals surface area contributed by atoms with Gasteiger partial charge in [-0.15, -0.1) is 0 Å². The van der Waals surface area contributed by atoms with Crippen LogP contribution in [-0.4, -0.2) is 12.3 Å². The van der Waals surface area contributed by atoms with E-state index in [1.165, 1.54) is 5.56 Å². The molecule has 0 fully saturated rings. The van der Waals surface area contributed by atoms with E-state index in [9.17, 15) is 4.79 Å². The second kappa shape index (κ2) is 5.66. The lowest BCUT2D eigenvalue weighted by molar-refractivity contribution is -0.119. The van der Waals surface area contributed by atoms with Crippen LogP contribution < -0.4 is 5.32 Å². The van der Waals surface area contributed by atoms with Crippen molar-refractivity contribution in [3.63, 3.8) is 0 Å². The number of carbonyl (C=O) groups excluding carboxylic acids is 1. The van der Waals surface area contributed by atoms with E-state index < -0.39 is 0 Å². The molecule has 2 rings (SSSR count). The van der Waals surface area contributed by atoms with Crippen molar-refractivity contribution in [2.45, 2.75) is 33.2 Å². The number of fused-ring (bicyclic) bond motifs is 1. The number of nitrogens with one attached hydrogen (secondary N) is 1. The van der Waals surface area contributed by atoms with Crippen molar-refractivity contribution >= 4 is 5.78 Å². The molecule has 1 aliphatic rings. The highest BCUT2D eigenvalue weighted by atomic mass is 16.1. The molecular formula is C13H21NO. The van der Waals surface area contributed by atoms with E-state index in [4.69, 9.17) is 0 Å². The van der Waals surface area contributed by atoms with Gasteiger partial charge in [0.25, 0.3) is 0 Å². The largest absolute Gasteiger partial charge is 0.303 e. The fourth-order valence-electron chi connectivity index (χ4n) is 1.87. The highest BCUT2D eigenvalue weighted by molar-refractivity contribution is 5.83. The summed E-state index contributed by atoms with van der Waals surface area (Å²) >= 11 is 0. The van der Waals surface area contributed by atoms with Crippen molar-refractivity contribution in [3.05, 3.63) is 35.4 Å². The van der Waals surface area contributed by atoms with Crippen LogP contribution in [0.15, 0.2) is 24.3 Å². The number of rotatable bonds is 1. The maximum Gasteiger partial charge on any atom is 0.151 e. The van der Waals surface area contributed by atoms with Crippen molar-refractivity contribution in [1.29, 1.82) is 0 Å². The second-order valence-electron chi connectivity index (χ2n) is 3.45. The monoisotopic (exact) mass is 207 g/mol. The van der Waals surface area contributed by atoms with Crippen LogP contribution >= 0.6 is 0 Å². The Bertz CT molecular complexity index is 338. The molecule has 0 bridgehead atoms. The van der Waals surface area contributed by atoms with Crippen LogP contribution in [0.1, 0.15) is 39.4 Å². The first-order chi connectivity index (χ1) is 7.29. The molecule has 84 valence electrons. The smallest absolute Gasteiger partial charge is 0.151 e. The zero-order valence-electron chi connectivity index (χ0n) is 9.71. The molecule has 1 heterocycles. The van der Waals surface area contributed by atoms with Crippen LogP contribution in [0.2, 0.25) is 0 Å². The fourth-order valence-corrected chi connectivity index (χ4v) is 1.87. The molecule has 1 N–H and O–H groups in total. The number of hydrogen-bond acceptors (Lipinski definition) is 2. The number of carbonyl (C=O) groups is 1. The van der Waals surface area contributed by atoms with Gasteiger partial charge in [0.1, 0.15) is 0 Å². The summed E-state index contributed by atoms with van der Waals surface area (Å²) in [5.41, 5.74) is 2.46. The highest BCUT2D eigenvalue weighted by Crippen LogP contribution is 2.22. The lowest BCUT2D eigenvalue weighted by atomic mass is 9.92.